The van der Waals surface area contributed by atoms with Crippen LogP contribution in [0.4, 0.5) is 4.39 Å². The van der Waals surface area contributed by atoms with Crippen LogP contribution in [0, 0.1) is 5.92 Å². The molecule has 0 radical (unpaired) electrons. The van der Waals surface area contributed by atoms with Crippen LogP contribution < -0.4 is 0 Å². The van der Waals surface area contributed by atoms with Gasteiger partial charge in [-0.05, 0) is 29.4 Å². The van der Waals surface area contributed by atoms with Gasteiger partial charge >= 0.3 is 0 Å². The Bertz CT molecular complexity index is 298. The van der Waals surface area contributed by atoms with Gasteiger partial charge in [0.2, 0.25) is 0 Å². The van der Waals surface area contributed by atoms with Crippen molar-refractivity contribution in [3.63, 3.8) is 0 Å². The zero-order valence-corrected chi connectivity index (χ0v) is 7.41. The van der Waals surface area contributed by atoms with E-state index in [-0.39, 0.29) is 19.2 Å². The summed E-state index contributed by atoms with van der Waals surface area (Å²) in [5, 5.41) is 8.91. The molecule has 1 saturated carbocycles. The Labute approximate surface area is 77.2 Å². The molecule has 1 aliphatic rings. The summed E-state index contributed by atoms with van der Waals surface area (Å²) in [7, 11) is 0. The highest BCUT2D eigenvalue weighted by Gasteiger charge is 2.38. The van der Waals surface area contributed by atoms with Crippen molar-refractivity contribution in [3.05, 3.63) is 35.4 Å². The van der Waals surface area contributed by atoms with Gasteiger partial charge in [0.05, 0.1) is 13.3 Å². The zero-order chi connectivity index (χ0) is 9.26. The van der Waals surface area contributed by atoms with Crippen molar-refractivity contribution in [2.75, 3.05) is 6.67 Å². The molecule has 0 saturated heterocycles. The maximum absolute atomic E-state index is 12.2. The molecule has 1 aromatic rings. The van der Waals surface area contributed by atoms with E-state index in [1.54, 1.807) is 0 Å². The third-order valence-electron chi connectivity index (χ3n) is 2.68. The van der Waals surface area contributed by atoms with Crippen molar-refractivity contribution >= 4 is 0 Å². The Morgan fingerprint density at radius 3 is 2.92 bits per heavy atom. The van der Waals surface area contributed by atoms with Crippen molar-refractivity contribution in [1.29, 1.82) is 0 Å². The number of alkyl halides is 1. The number of benzene rings is 1. The SMILES string of the molecule is OCc1cccc(C2CC2CF)c1. The van der Waals surface area contributed by atoms with Crippen LogP contribution in [-0.2, 0) is 6.61 Å². The van der Waals surface area contributed by atoms with Crippen LogP contribution in [0.3, 0.4) is 0 Å². The average molecular weight is 180 g/mol. The minimum absolute atomic E-state index is 0.0703. The second kappa shape index (κ2) is 3.46. The van der Waals surface area contributed by atoms with Crippen LogP contribution in [-0.4, -0.2) is 11.8 Å². The molecule has 0 heterocycles. The van der Waals surface area contributed by atoms with Crippen LogP contribution in [0.2, 0.25) is 0 Å². The van der Waals surface area contributed by atoms with Crippen molar-refractivity contribution in [3.8, 4) is 0 Å². The summed E-state index contributed by atoms with van der Waals surface area (Å²) in [6.45, 7) is -0.144. The summed E-state index contributed by atoms with van der Waals surface area (Å²) < 4.78 is 12.2. The van der Waals surface area contributed by atoms with Gasteiger partial charge in [-0.1, -0.05) is 24.3 Å². The molecule has 2 rings (SSSR count). The Morgan fingerprint density at radius 1 is 1.46 bits per heavy atom. The van der Waals surface area contributed by atoms with E-state index in [1.807, 2.05) is 24.3 Å². The van der Waals surface area contributed by atoms with Crippen LogP contribution >= 0.6 is 0 Å². The van der Waals surface area contributed by atoms with Crippen molar-refractivity contribution in [2.45, 2.75) is 18.9 Å². The number of hydrogen-bond donors (Lipinski definition) is 1. The molecule has 2 unspecified atom stereocenters. The molecule has 2 heteroatoms. The predicted molar refractivity (Wildman–Crippen MR) is 49.2 cm³/mol. The fourth-order valence-corrected chi connectivity index (χ4v) is 1.75. The van der Waals surface area contributed by atoms with Gasteiger partial charge in [-0.15, -0.1) is 0 Å². The van der Waals surface area contributed by atoms with E-state index in [2.05, 4.69) is 0 Å². The van der Waals surface area contributed by atoms with Crippen LogP contribution in [0.5, 0.6) is 0 Å². The predicted octanol–water partition coefficient (Wildman–Crippen LogP) is 2.25. The normalized spacial score (nSPS) is 26.0. The summed E-state index contributed by atoms with van der Waals surface area (Å²) in [5.41, 5.74) is 2.09. The summed E-state index contributed by atoms with van der Waals surface area (Å²) in [6, 6.07) is 7.80. The smallest absolute Gasteiger partial charge is 0.0928 e. The number of aliphatic hydroxyl groups excluding tert-OH is 1. The van der Waals surface area contributed by atoms with Gasteiger partial charge in [0.25, 0.3) is 0 Å². The van der Waals surface area contributed by atoms with Gasteiger partial charge in [0, 0.05) is 0 Å². The van der Waals surface area contributed by atoms with Gasteiger partial charge in [-0.25, -0.2) is 0 Å². The molecule has 0 aromatic heterocycles. The van der Waals surface area contributed by atoms with Gasteiger partial charge in [-0.3, -0.25) is 4.39 Å². The van der Waals surface area contributed by atoms with Crippen LogP contribution in [0.25, 0.3) is 0 Å². The van der Waals surface area contributed by atoms with E-state index in [9.17, 15) is 4.39 Å². The van der Waals surface area contributed by atoms with Crippen molar-refractivity contribution in [1.82, 2.24) is 0 Å². The number of halogens is 1. The maximum Gasteiger partial charge on any atom is 0.0928 e. The molecule has 0 spiro atoms. The fraction of sp³-hybridized carbons (Fsp3) is 0.455. The Hall–Kier alpha value is -0.890. The maximum atomic E-state index is 12.2. The molecule has 1 nitrogen and oxygen atoms in total. The third-order valence-corrected chi connectivity index (χ3v) is 2.68. The minimum atomic E-state index is -0.214. The second-order valence-corrected chi connectivity index (χ2v) is 3.66. The lowest BCUT2D eigenvalue weighted by Crippen LogP contribution is -1.88. The molecule has 70 valence electrons. The number of hydrogen-bond acceptors (Lipinski definition) is 1. The topological polar surface area (TPSA) is 20.2 Å². The molecule has 2 atom stereocenters. The first-order valence-electron chi connectivity index (χ1n) is 4.61. The van der Waals surface area contributed by atoms with Crippen molar-refractivity contribution in [2.24, 2.45) is 5.92 Å². The van der Waals surface area contributed by atoms with E-state index in [0.29, 0.717) is 5.92 Å². The summed E-state index contributed by atoms with van der Waals surface area (Å²) in [4.78, 5) is 0. The molecule has 0 aliphatic heterocycles. The molecule has 13 heavy (non-hydrogen) atoms. The highest BCUT2D eigenvalue weighted by atomic mass is 19.1. The van der Waals surface area contributed by atoms with E-state index in [0.717, 1.165) is 12.0 Å². The standard InChI is InChI=1S/C11H13FO/c12-6-10-5-11(10)9-3-1-2-8(4-9)7-13/h1-4,10-11,13H,5-7H2. The summed E-state index contributed by atoms with van der Waals surface area (Å²) >= 11 is 0. The minimum Gasteiger partial charge on any atom is -0.392 e. The zero-order valence-electron chi connectivity index (χ0n) is 7.41. The first kappa shape index (κ1) is 8.70. The second-order valence-electron chi connectivity index (χ2n) is 3.66. The average Bonchev–Trinajstić information content (AvgIpc) is 2.97. The lowest BCUT2D eigenvalue weighted by Gasteiger charge is -2.01. The molecular formula is C11H13FO. The first-order valence-corrected chi connectivity index (χ1v) is 4.61. The molecule has 1 aromatic carbocycles. The lowest BCUT2D eigenvalue weighted by atomic mass is 10.1. The highest BCUT2D eigenvalue weighted by molar-refractivity contribution is 5.30. The van der Waals surface area contributed by atoms with Crippen LogP contribution in [0.1, 0.15) is 23.5 Å². The van der Waals surface area contributed by atoms with E-state index in [1.165, 1.54) is 5.56 Å². The van der Waals surface area contributed by atoms with Crippen molar-refractivity contribution < 1.29 is 9.50 Å². The molecule has 0 bridgehead atoms. The van der Waals surface area contributed by atoms with Gasteiger partial charge in [0.1, 0.15) is 0 Å². The van der Waals surface area contributed by atoms with Gasteiger partial charge in [0.15, 0.2) is 0 Å². The molecule has 1 N–H and O–H groups in total. The van der Waals surface area contributed by atoms with E-state index < -0.39 is 0 Å². The summed E-state index contributed by atoms with van der Waals surface area (Å²) in [5.74, 6) is 0.630. The lowest BCUT2D eigenvalue weighted by molar-refractivity contribution is 0.281. The Balaban J connectivity index is 2.13. The molecular weight excluding hydrogens is 167 g/mol. The third kappa shape index (κ3) is 1.73. The summed E-state index contributed by atoms with van der Waals surface area (Å²) in [6.07, 6.45) is 0.964. The monoisotopic (exact) mass is 180 g/mol. The fourth-order valence-electron chi connectivity index (χ4n) is 1.75. The molecule has 0 amide bonds. The van der Waals surface area contributed by atoms with Crippen LogP contribution in [0.15, 0.2) is 24.3 Å². The Morgan fingerprint density at radius 2 is 2.31 bits per heavy atom. The largest absolute Gasteiger partial charge is 0.392 e. The quantitative estimate of drug-likeness (QED) is 0.756. The van der Waals surface area contributed by atoms with E-state index in [4.69, 9.17) is 5.11 Å². The molecule has 1 aliphatic carbocycles. The highest BCUT2D eigenvalue weighted by Crippen LogP contribution is 2.47. The van der Waals surface area contributed by atoms with Gasteiger partial charge < -0.3 is 5.11 Å². The van der Waals surface area contributed by atoms with Gasteiger partial charge in [-0.2, -0.15) is 0 Å². The number of rotatable bonds is 3. The number of aliphatic hydroxyl groups is 1. The Kier molecular flexibility index (Phi) is 2.32. The molecule has 1 fully saturated rings. The first-order chi connectivity index (χ1) is 6.35. The van der Waals surface area contributed by atoms with E-state index >= 15 is 0 Å².